The molecule has 0 saturated heterocycles. The Hall–Kier alpha value is -2.70. The van der Waals surface area contributed by atoms with E-state index in [0.29, 0.717) is 28.5 Å². The molecule has 0 bridgehead atoms. The van der Waals surface area contributed by atoms with Crippen molar-refractivity contribution in [3.05, 3.63) is 95.4 Å². The first-order chi connectivity index (χ1) is 13.8. The molecule has 0 spiro atoms. The van der Waals surface area contributed by atoms with Gasteiger partial charge in [0.25, 0.3) is 0 Å². The van der Waals surface area contributed by atoms with Crippen LogP contribution in [-0.4, -0.2) is 37.1 Å². The highest BCUT2D eigenvalue weighted by Gasteiger charge is 2.13. The Labute approximate surface area is 185 Å². The number of hydrogen-bond acceptors (Lipinski definition) is 4. The van der Waals surface area contributed by atoms with Crippen molar-refractivity contribution in [1.82, 2.24) is 4.90 Å². The van der Waals surface area contributed by atoms with Crippen LogP contribution in [0.1, 0.15) is 6.42 Å². The van der Waals surface area contributed by atoms with E-state index >= 15 is 0 Å². The lowest BCUT2D eigenvalue weighted by atomic mass is 10.2. The largest absolute Gasteiger partial charge is 0.497 e. The predicted molar refractivity (Wildman–Crippen MR) is 125 cm³/mol. The average Bonchev–Trinajstić information content (AvgIpc) is 2.70. The molecule has 5 nitrogen and oxygen atoms in total. The summed E-state index contributed by atoms with van der Waals surface area (Å²) in [5.41, 5.74) is 0.701. The molecule has 0 aromatic rings. The van der Waals surface area contributed by atoms with Crippen LogP contribution >= 0.6 is 27.5 Å². The fourth-order valence-corrected chi connectivity index (χ4v) is 2.43. The normalized spacial score (nSPS) is 13.5. The summed E-state index contributed by atoms with van der Waals surface area (Å²) in [6, 6.07) is 0. The van der Waals surface area contributed by atoms with Crippen LogP contribution < -0.4 is 0 Å². The quantitative estimate of drug-likeness (QED) is 0.100. The minimum Gasteiger partial charge on any atom is -0.497 e. The van der Waals surface area contributed by atoms with E-state index in [2.05, 4.69) is 40.7 Å². The first-order valence-corrected chi connectivity index (χ1v) is 9.51. The summed E-state index contributed by atoms with van der Waals surface area (Å²) in [6.45, 7) is 11.0. The number of allylic oxidation sites excluding steroid dienone is 10. The maximum atomic E-state index is 11.9. The summed E-state index contributed by atoms with van der Waals surface area (Å²) < 4.78 is 5.74. The van der Waals surface area contributed by atoms with Gasteiger partial charge in [0, 0.05) is 22.8 Å². The molecule has 0 saturated carbocycles. The zero-order valence-electron chi connectivity index (χ0n) is 16.5. The summed E-state index contributed by atoms with van der Waals surface area (Å²) in [5.74, 6) is 0.392. The van der Waals surface area contributed by atoms with Crippen molar-refractivity contribution < 1.29 is 14.3 Å². The maximum absolute atomic E-state index is 11.9. The lowest BCUT2D eigenvalue weighted by molar-refractivity contribution is -0.127. The molecule has 0 aliphatic rings. The Balaban J connectivity index is 5.52. The van der Waals surface area contributed by atoms with Gasteiger partial charge in [0.2, 0.25) is 5.91 Å². The van der Waals surface area contributed by atoms with E-state index in [0.717, 1.165) is 4.48 Å². The van der Waals surface area contributed by atoms with Crippen molar-refractivity contribution in [2.75, 3.05) is 14.2 Å². The van der Waals surface area contributed by atoms with Crippen LogP contribution in [0.25, 0.3) is 0 Å². The molecule has 0 aliphatic carbocycles. The Kier molecular flexibility index (Phi) is 13.8. The van der Waals surface area contributed by atoms with Crippen molar-refractivity contribution >= 4 is 45.6 Å². The van der Waals surface area contributed by atoms with Crippen LogP contribution in [0, 0.1) is 0 Å². The van der Waals surface area contributed by atoms with Gasteiger partial charge >= 0.3 is 0 Å². The summed E-state index contributed by atoms with van der Waals surface area (Å²) in [6.07, 6.45) is 15.1. The fraction of sp³-hybridized carbons (Fsp3) is 0.136. The summed E-state index contributed by atoms with van der Waals surface area (Å²) >= 11 is 9.77. The van der Waals surface area contributed by atoms with E-state index in [1.165, 1.54) is 25.3 Å². The molecule has 0 radical (unpaired) electrons. The van der Waals surface area contributed by atoms with Gasteiger partial charge in [0.15, 0.2) is 0 Å². The molecule has 7 heteroatoms. The van der Waals surface area contributed by atoms with Gasteiger partial charge in [0.05, 0.1) is 13.5 Å². The van der Waals surface area contributed by atoms with Crippen molar-refractivity contribution in [2.24, 2.45) is 4.99 Å². The van der Waals surface area contributed by atoms with E-state index in [9.17, 15) is 9.59 Å². The number of carbonyl (C=O) groups excluding carboxylic acids is 2. The Bertz CT molecular complexity index is 818. The number of aldehydes is 1. The van der Waals surface area contributed by atoms with E-state index in [1.807, 2.05) is 0 Å². The molecule has 0 aromatic carbocycles. The summed E-state index contributed by atoms with van der Waals surface area (Å²) in [7, 11) is 3.06. The van der Waals surface area contributed by atoms with Crippen molar-refractivity contribution in [1.29, 1.82) is 0 Å². The maximum Gasteiger partial charge on any atom is 0.239 e. The highest BCUT2D eigenvalue weighted by molar-refractivity contribution is 9.11. The number of methoxy groups -OCH3 is 1. The molecule has 29 heavy (non-hydrogen) atoms. The van der Waals surface area contributed by atoms with Gasteiger partial charge in [-0.2, -0.15) is 0 Å². The number of halogens is 2. The second-order valence-corrected chi connectivity index (χ2v) is 6.49. The van der Waals surface area contributed by atoms with Gasteiger partial charge in [-0.15, -0.1) is 0 Å². The number of carbonyl (C=O) groups is 2. The zero-order valence-corrected chi connectivity index (χ0v) is 18.8. The smallest absolute Gasteiger partial charge is 0.239 e. The van der Waals surface area contributed by atoms with E-state index in [-0.39, 0.29) is 6.42 Å². The predicted octanol–water partition coefficient (Wildman–Crippen LogP) is 5.36. The number of amidine groups is 1. The average molecular weight is 480 g/mol. The molecular weight excluding hydrogens is 456 g/mol. The Morgan fingerprint density at radius 3 is 2.45 bits per heavy atom. The number of hydrogen-bond donors (Lipinski definition) is 0. The second kappa shape index (κ2) is 15.2. The monoisotopic (exact) mass is 478 g/mol. The highest BCUT2D eigenvalue weighted by atomic mass is 79.9. The third-order valence-corrected chi connectivity index (χ3v) is 4.07. The van der Waals surface area contributed by atoms with Crippen LogP contribution in [-0.2, 0) is 14.3 Å². The SMILES string of the molecule is C=C/C=C(/C=C\C(Br)=C/C(=C)OC)C(\Cl)=C\C=C\C(=NC)N(C=C)C(=O)CC=O. The molecule has 0 atom stereocenters. The third kappa shape index (κ3) is 10.4. The standard InChI is InChI=1S/C22H24BrClN2O3/c1-6-9-18(12-13-19(23)16-17(3)29-5)20(24)10-8-11-21(25-4)26(7-2)22(28)14-15-27/h6-13,15-16H,1-3,14H2,4-5H3/b11-8+,13-12-,18-9-,19-16+,20-10-,25-21?. The molecule has 154 valence electrons. The van der Waals surface area contributed by atoms with Crippen LogP contribution in [0.4, 0.5) is 0 Å². The van der Waals surface area contributed by atoms with Gasteiger partial charge in [-0.25, -0.2) is 0 Å². The van der Waals surface area contributed by atoms with Crippen molar-refractivity contribution in [3.8, 4) is 0 Å². The molecule has 0 heterocycles. The number of ether oxygens (including phenoxy) is 1. The zero-order chi connectivity index (χ0) is 22.2. The van der Waals surface area contributed by atoms with E-state index in [4.69, 9.17) is 16.3 Å². The topological polar surface area (TPSA) is 59.0 Å². The minimum absolute atomic E-state index is 0.260. The third-order valence-electron chi connectivity index (χ3n) is 3.23. The van der Waals surface area contributed by atoms with Crippen molar-refractivity contribution in [3.63, 3.8) is 0 Å². The lowest BCUT2D eigenvalue weighted by Gasteiger charge is -2.16. The van der Waals surface area contributed by atoms with Gasteiger partial charge in [0.1, 0.15) is 17.9 Å². The van der Waals surface area contributed by atoms with Gasteiger partial charge in [-0.1, -0.05) is 71.6 Å². The number of rotatable bonds is 11. The van der Waals surface area contributed by atoms with Crippen LogP contribution in [0.3, 0.4) is 0 Å². The molecule has 1 amide bonds. The molecule has 0 aliphatic heterocycles. The molecule has 0 fully saturated rings. The molecule has 0 aromatic heterocycles. The summed E-state index contributed by atoms with van der Waals surface area (Å²) in [5, 5.41) is 0.433. The minimum atomic E-state index is -0.431. The Morgan fingerprint density at radius 2 is 1.93 bits per heavy atom. The second-order valence-electron chi connectivity index (χ2n) is 5.16. The summed E-state index contributed by atoms with van der Waals surface area (Å²) in [4.78, 5) is 27.7. The number of aliphatic imine (C=N–C) groups is 1. The first kappa shape index (κ1) is 26.3. The Morgan fingerprint density at radius 1 is 1.24 bits per heavy atom. The van der Waals surface area contributed by atoms with Crippen molar-refractivity contribution in [2.45, 2.75) is 6.42 Å². The van der Waals surface area contributed by atoms with E-state index < -0.39 is 5.91 Å². The number of nitrogens with zero attached hydrogens (tertiary/aromatic N) is 2. The first-order valence-electron chi connectivity index (χ1n) is 8.34. The van der Waals surface area contributed by atoms with Gasteiger partial charge in [-0.05, 0) is 29.9 Å². The van der Waals surface area contributed by atoms with Crippen LogP contribution in [0.5, 0.6) is 0 Å². The van der Waals surface area contributed by atoms with Crippen LogP contribution in [0.15, 0.2) is 100 Å². The molecule has 0 rings (SSSR count). The van der Waals surface area contributed by atoms with Crippen LogP contribution in [0.2, 0.25) is 0 Å². The number of amides is 1. The van der Waals surface area contributed by atoms with Gasteiger partial charge < -0.3 is 9.53 Å². The van der Waals surface area contributed by atoms with Gasteiger partial charge in [-0.3, -0.25) is 14.7 Å². The fourth-order valence-electron chi connectivity index (χ4n) is 1.84. The lowest BCUT2D eigenvalue weighted by Crippen LogP contribution is -2.30. The van der Waals surface area contributed by atoms with E-state index in [1.54, 1.807) is 48.6 Å². The molecule has 0 unspecified atom stereocenters. The molecular formula is C22H24BrClN2O3. The molecule has 0 N–H and O–H groups in total. The highest BCUT2D eigenvalue weighted by Crippen LogP contribution is 2.19.